The SMILES string of the molecule is Cc1ccc(CC(O)(Cc2ccc(C)cc2)[C@@H](NC(=O)C2(C(=O)N[C@@H](c3cccc4ccccc34)C(O)(Cc3ccc(C)cc3)Cc3ccc(C)cc3)CCCCC2)c2cccc3ccccc23)cc1. The first-order valence-electron chi connectivity index (χ1n) is 25.1. The van der Waals surface area contributed by atoms with Crippen LogP contribution in [0.25, 0.3) is 21.5 Å². The Morgan fingerprint density at radius 1 is 0.429 bits per heavy atom. The highest BCUT2D eigenvalue weighted by Gasteiger charge is 2.52. The third-order valence-corrected chi connectivity index (χ3v) is 15.0. The van der Waals surface area contributed by atoms with Crippen LogP contribution in [0.1, 0.15) is 99.8 Å². The maximum Gasteiger partial charge on any atom is 0.236 e. The minimum Gasteiger partial charge on any atom is -0.387 e. The lowest BCUT2D eigenvalue weighted by atomic mass is 9.70. The molecule has 0 bridgehead atoms. The number of aliphatic hydroxyl groups is 2. The van der Waals surface area contributed by atoms with Gasteiger partial charge >= 0.3 is 0 Å². The van der Waals surface area contributed by atoms with Gasteiger partial charge in [-0.25, -0.2) is 0 Å². The molecule has 2 atom stereocenters. The first-order chi connectivity index (χ1) is 33.8. The average Bonchev–Trinajstić information content (AvgIpc) is 3.37. The van der Waals surface area contributed by atoms with Gasteiger partial charge in [-0.2, -0.15) is 0 Å². The highest BCUT2D eigenvalue weighted by molar-refractivity contribution is 6.06. The maximum absolute atomic E-state index is 16.0. The Balaban J connectivity index is 1.17. The van der Waals surface area contributed by atoms with E-state index in [2.05, 4.69) is 132 Å². The molecule has 0 unspecified atom stereocenters. The van der Waals surface area contributed by atoms with Crippen molar-refractivity contribution in [2.45, 2.75) is 109 Å². The third kappa shape index (κ3) is 10.5. The number of amides is 2. The summed E-state index contributed by atoms with van der Waals surface area (Å²) in [5, 5.41) is 38.1. The first kappa shape index (κ1) is 48.2. The number of hydrogen-bond donors (Lipinski definition) is 4. The highest BCUT2D eigenvalue weighted by atomic mass is 16.3. The van der Waals surface area contributed by atoms with Crippen LogP contribution in [0.15, 0.2) is 182 Å². The second kappa shape index (κ2) is 20.6. The van der Waals surface area contributed by atoms with Crippen LogP contribution in [0.3, 0.4) is 0 Å². The number of fused-ring (bicyclic) bond motifs is 2. The molecule has 0 aromatic heterocycles. The molecule has 8 aromatic carbocycles. The minimum atomic E-state index is -1.55. The summed E-state index contributed by atoms with van der Waals surface area (Å²) in [6.07, 6.45) is 3.82. The fraction of sp³-hybridized carbons (Fsp3) is 0.281. The minimum absolute atomic E-state index is 0.239. The normalized spacial score (nSPS) is 14.8. The van der Waals surface area contributed by atoms with Crippen molar-refractivity contribution in [2.24, 2.45) is 5.41 Å². The number of aryl methyl sites for hydroxylation is 4. The van der Waals surface area contributed by atoms with Gasteiger partial charge in [-0.1, -0.05) is 224 Å². The van der Waals surface area contributed by atoms with Crippen LogP contribution < -0.4 is 10.6 Å². The van der Waals surface area contributed by atoms with Crippen molar-refractivity contribution in [3.8, 4) is 0 Å². The summed E-state index contributed by atoms with van der Waals surface area (Å²) >= 11 is 0. The summed E-state index contributed by atoms with van der Waals surface area (Å²) in [5.74, 6) is -0.850. The number of carbonyl (C=O) groups is 2. The van der Waals surface area contributed by atoms with Gasteiger partial charge < -0.3 is 20.8 Å². The Morgan fingerprint density at radius 3 is 1.06 bits per heavy atom. The predicted molar refractivity (Wildman–Crippen MR) is 285 cm³/mol. The van der Waals surface area contributed by atoms with Gasteiger partial charge in [-0.15, -0.1) is 0 Å². The molecule has 70 heavy (non-hydrogen) atoms. The molecule has 356 valence electrons. The molecule has 1 fully saturated rings. The van der Waals surface area contributed by atoms with E-state index in [0.717, 1.165) is 83.6 Å². The number of rotatable bonds is 16. The van der Waals surface area contributed by atoms with E-state index in [1.165, 1.54) is 0 Å². The molecule has 1 aliphatic carbocycles. The Hall–Kier alpha value is -6.86. The molecule has 0 radical (unpaired) electrons. The number of hydrogen-bond acceptors (Lipinski definition) is 4. The second-order valence-corrected chi connectivity index (χ2v) is 20.4. The van der Waals surface area contributed by atoms with Gasteiger partial charge in [-0.3, -0.25) is 9.59 Å². The number of benzene rings is 8. The zero-order valence-corrected chi connectivity index (χ0v) is 41.1. The highest BCUT2D eigenvalue weighted by Crippen LogP contribution is 2.44. The predicted octanol–water partition coefficient (Wildman–Crippen LogP) is 12.6. The molecule has 0 spiro atoms. The summed E-state index contributed by atoms with van der Waals surface area (Å²) in [5.41, 5.74) is 5.12. The molecule has 1 saturated carbocycles. The monoisotopic (exact) mass is 927 g/mol. The average molecular weight is 927 g/mol. The van der Waals surface area contributed by atoms with Crippen molar-refractivity contribution in [1.29, 1.82) is 0 Å². The summed E-state index contributed by atoms with van der Waals surface area (Å²) in [6, 6.07) is 59.2. The van der Waals surface area contributed by atoms with Crippen molar-refractivity contribution < 1.29 is 19.8 Å². The number of nitrogens with one attached hydrogen (secondary N) is 2. The molecule has 1 aliphatic rings. The molecule has 6 heteroatoms. The van der Waals surface area contributed by atoms with Crippen molar-refractivity contribution >= 4 is 33.4 Å². The quantitative estimate of drug-likeness (QED) is 0.0726. The van der Waals surface area contributed by atoms with Gasteiger partial charge in [0.2, 0.25) is 11.8 Å². The second-order valence-electron chi connectivity index (χ2n) is 20.4. The molecule has 2 amide bonds. The third-order valence-electron chi connectivity index (χ3n) is 15.0. The molecule has 6 nitrogen and oxygen atoms in total. The van der Waals surface area contributed by atoms with Crippen LogP contribution in [0.5, 0.6) is 0 Å². The van der Waals surface area contributed by atoms with E-state index < -0.39 is 40.5 Å². The lowest BCUT2D eigenvalue weighted by Crippen LogP contribution is -2.59. The maximum atomic E-state index is 16.0. The van der Waals surface area contributed by atoms with Crippen molar-refractivity contribution in [3.63, 3.8) is 0 Å². The van der Waals surface area contributed by atoms with Gasteiger partial charge in [0.15, 0.2) is 0 Å². The van der Waals surface area contributed by atoms with E-state index >= 15 is 9.59 Å². The first-order valence-corrected chi connectivity index (χ1v) is 25.1. The van der Waals surface area contributed by atoms with Gasteiger partial charge in [0.25, 0.3) is 0 Å². The zero-order valence-electron chi connectivity index (χ0n) is 41.1. The van der Waals surface area contributed by atoms with E-state index in [9.17, 15) is 10.2 Å². The molecule has 4 N–H and O–H groups in total. The molecule has 9 rings (SSSR count). The topological polar surface area (TPSA) is 98.7 Å². The van der Waals surface area contributed by atoms with Crippen LogP contribution in [0, 0.1) is 33.1 Å². The van der Waals surface area contributed by atoms with E-state index in [1.54, 1.807) is 0 Å². The van der Waals surface area contributed by atoms with Crippen molar-refractivity contribution in [3.05, 3.63) is 238 Å². The summed E-state index contributed by atoms with van der Waals surface area (Å²) in [6.45, 7) is 8.19. The van der Waals surface area contributed by atoms with Crippen molar-refractivity contribution in [2.75, 3.05) is 0 Å². The fourth-order valence-corrected chi connectivity index (χ4v) is 11.0. The van der Waals surface area contributed by atoms with Gasteiger partial charge in [-0.05, 0) is 95.5 Å². The van der Waals surface area contributed by atoms with Crippen LogP contribution in [0.2, 0.25) is 0 Å². The van der Waals surface area contributed by atoms with Gasteiger partial charge in [0.1, 0.15) is 5.41 Å². The molecule has 0 aliphatic heterocycles. The van der Waals surface area contributed by atoms with E-state index in [1.807, 2.05) is 88.4 Å². The van der Waals surface area contributed by atoms with Gasteiger partial charge in [0.05, 0.1) is 23.3 Å². The smallest absolute Gasteiger partial charge is 0.236 e. The van der Waals surface area contributed by atoms with Crippen LogP contribution in [-0.4, -0.2) is 33.2 Å². The zero-order chi connectivity index (χ0) is 48.9. The van der Waals surface area contributed by atoms with E-state index in [0.29, 0.717) is 25.7 Å². The standard InChI is InChI=1S/C64H66N2O4/c1-44-22-30-48(31-23-44)40-63(69,41-49-32-24-45(2)25-33-49)58(56-20-12-16-52-14-6-8-18-54(52)56)65-60(67)62(38-10-5-11-39-62)61(68)66-59(57-21-13-17-53-15-7-9-19-55(53)57)64(70,42-50-34-26-46(3)27-35-50)43-51-36-28-47(4)29-37-51/h6-9,12-37,58-59,69-70H,5,10-11,38-43H2,1-4H3,(H,65,67)(H,66,68)/t58-,59-/m0/s1. The molecule has 0 saturated heterocycles. The number of carbonyl (C=O) groups excluding carboxylic acids is 2. The molecule has 8 aromatic rings. The van der Waals surface area contributed by atoms with Crippen LogP contribution in [-0.2, 0) is 35.3 Å². The van der Waals surface area contributed by atoms with Crippen LogP contribution >= 0.6 is 0 Å². The summed E-state index contributed by atoms with van der Waals surface area (Å²) in [7, 11) is 0. The molecule has 0 heterocycles. The molecular weight excluding hydrogens is 861 g/mol. The Bertz CT molecular complexity index is 2770. The van der Waals surface area contributed by atoms with Crippen molar-refractivity contribution in [1.82, 2.24) is 10.6 Å². The summed E-state index contributed by atoms with van der Waals surface area (Å²) in [4.78, 5) is 32.0. The Labute approximate surface area is 413 Å². The lowest BCUT2D eigenvalue weighted by Gasteiger charge is -2.43. The Kier molecular flexibility index (Phi) is 14.2. The Morgan fingerprint density at radius 2 is 0.729 bits per heavy atom. The van der Waals surface area contributed by atoms with Gasteiger partial charge in [0, 0.05) is 25.7 Å². The largest absolute Gasteiger partial charge is 0.387 e. The lowest BCUT2D eigenvalue weighted by molar-refractivity contribution is -0.150. The van der Waals surface area contributed by atoms with Crippen LogP contribution in [0.4, 0.5) is 0 Å². The summed E-state index contributed by atoms with van der Waals surface area (Å²) < 4.78 is 0. The molecular formula is C64H66N2O4. The van der Waals surface area contributed by atoms with E-state index in [-0.39, 0.29) is 25.7 Å². The van der Waals surface area contributed by atoms with E-state index in [4.69, 9.17) is 0 Å². The fourth-order valence-electron chi connectivity index (χ4n) is 11.0.